The predicted octanol–water partition coefficient (Wildman–Crippen LogP) is 7.32. The van der Waals surface area contributed by atoms with Crippen LogP contribution >= 0.6 is 11.8 Å². The van der Waals surface area contributed by atoms with Gasteiger partial charge in [0.25, 0.3) is 13.5 Å². The number of nitrogens with zero attached hydrogens (tertiary/aromatic N) is 2. The summed E-state index contributed by atoms with van der Waals surface area (Å²) >= 11 is 1.20. The van der Waals surface area contributed by atoms with Gasteiger partial charge in [0.05, 0.1) is 16.7 Å². The molecule has 8 heteroatoms. The maximum atomic E-state index is 12.5. The van der Waals surface area contributed by atoms with E-state index in [9.17, 15) is 9.59 Å². The number of hydrogen-bond donors (Lipinski definition) is 0. The molecule has 45 heavy (non-hydrogen) atoms. The Morgan fingerprint density at radius 3 is 1.58 bits per heavy atom. The quantitative estimate of drug-likeness (QED) is 0.117. The van der Waals surface area contributed by atoms with Crippen LogP contribution in [-0.2, 0) is 0 Å². The third-order valence-electron chi connectivity index (χ3n) is 7.13. The van der Waals surface area contributed by atoms with E-state index in [1.807, 2.05) is 131 Å². The summed E-state index contributed by atoms with van der Waals surface area (Å²) in [5.74, 6) is 1.31. The second-order valence-corrected chi connectivity index (χ2v) is 10.8. The summed E-state index contributed by atoms with van der Waals surface area (Å²) in [6, 6.07) is 40.1. The fourth-order valence-electron chi connectivity index (χ4n) is 4.93. The van der Waals surface area contributed by atoms with Crippen molar-refractivity contribution in [1.29, 1.82) is 0 Å². The van der Waals surface area contributed by atoms with Gasteiger partial charge in [-0.25, -0.2) is 4.79 Å². The molecule has 2 aliphatic rings. The van der Waals surface area contributed by atoms with Gasteiger partial charge in [0.2, 0.25) is 16.5 Å². The molecule has 0 fully saturated rings. The number of hydrogen-bond acceptors (Lipinski definition) is 6. The summed E-state index contributed by atoms with van der Waals surface area (Å²) < 4.78 is 21.1. The molecule has 0 unspecified atom stereocenters. The van der Waals surface area contributed by atoms with E-state index in [1.54, 1.807) is 24.5 Å². The first kappa shape index (κ1) is 29.6. The summed E-state index contributed by atoms with van der Waals surface area (Å²) in [7, 11) is 0. The van der Waals surface area contributed by atoms with E-state index in [-0.39, 0.29) is 5.12 Å². The van der Waals surface area contributed by atoms with E-state index in [0.29, 0.717) is 41.8 Å². The summed E-state index contributed by atoms with van der Waals surface area (Å²) in [6.45, 7) is 0.752. The van der Waals surface area contributed by atoms with Crippen LogP contribution in [-0.4, -0.2) is 52.4 Å². The van der Waals surface area contributed by atoms with Crippen molar-refractivity contribution < 1.29 is 33.0 Å². The fourth-order valence-corrected chi connectivity index (χ4v) is 5.31. The van der Waals surface area contributed by atoms with Gasteiger partial charge in [-0.3, -0.25) is 4.79 Å². The van der Waals surface area contributed by atoms with Crippen molar-refractivity contribution in [2.24, 2.45) is 0 Å². The number of para-hydroxylation sites is 5. The lowest BCUT2D eigenvalue weighted by molar-refractivity contribution is -0.476. The van der Waals surface area contributed by atoms with E-state index < -0.39 is 5.97 Å². The van der Waals surface area contributed by atoms with Crippen LogP contribution in [0.15, 0.2) is 127 Å². The Labute approximate surface area is 265 Å². The zero-order chi connectivity index (χ0) is 31.0. The van der Waals surface area contributed by atoms with Crippen LogP contribution < -0.4 is 14.2 Å². The predicted molar refractivity (Wildman–Crippen MR) is 176 cm³/mol. The standard InChI is InChI=1S/C21H16NO3.C16H14NO2S/c23-21(25-18-11-5-2-6-12-18)19-13-7-8-16-14-22(15-24-20(16)19)17-9-3-1-4-10-17;1-20-16(18)14-9-5-6-12-10-17(11-19-15(12)14)13-7-3-2-4-8-13/h1-14H,15H2;2-10H,11H2,1H3/q2*+1. The maximum absolute atomic E-state index is 12.5. The van der Waals surface area contributed by atoms with E-state index in [2.05, 4.69) is 0 Å². The Morgan fingerprint density at radius 1 is 0.600 bits per heavy atom. The Morgan fingerprint density at radius 2 is 1.07 bits per heavy atom. The number of thioether (sulfide) groups is 1. The number of ether oxygens (including phenoxy) is 3. The van der Waals surface area contributed by atoms with Crippen LogP contribution in [0.4, 0.5) is 11.4 Å². The number of rotatable bonds is 5. The van der Waals surface area contributed by atoms with Gasteiger partial charge >= 0.3 is 5.97 Å². The van der Waals surface area contributed by atoms with Gasteiger partial charge in [-0.05, 0) is 42.7 Å². The highest BCUT2D eigenvalue weighted by Gasteiger charge is 2.26. The maximum Gasteiger partial charge on any atom is 0.347 e. The summed E-state index contributed by atoms with van der Waals surface area (Å²) in [6.07, 6.45) is 5.78. The third-order valence-corrected chi connectivity index (χ3v) is 7.72. The van der Waals surface area contributed by atoms with Crippen LogP contribution in [0.2, 0.25) is 0 Å². The molecule has 0 spiro atoms. The second kappa shape index (κ2) is 13.9. The summed E-state index contributed by atoms with van der Waals surface area (Å²) in [4.78, 5) is 24.4. The van der Waals surface area contributed by atoms with Crippen molar-refractivity contribution in [1.82, 2.24) is 0 Å². The SMILES string of the molecule is CSC(=O)c1cccc2c1OC[N+](c1ccccc1)=C2.O=C(Oc1ccccc1)c1cccc2c1OC[N+](c1ccccc1)=C2. The molecule has 0 bridgehead atoms. The third kappa shape index (κ3) is 6.87. The zero-order valence-corrected chi connectivity index (χ0v) is 25.4. The smallest absolute Gasteiger partial charge is 0.347 e. The van der Waals surface area contributed by atoms with Gasteiger partial charge in [0.15, 0.2) is 23.9 Å². The molecule has 0 saturated heterocycles. The first-order valence-corrected chi connectivity index (χ1v) is 15.5. The Balaban J connectivity index is 0.000000163. The molecule has 5 aromatic rings. The van der Waals surface area contributed by atoms with Gasteiger partial charge in [0, 0.05) is 24.3 Å². The molecule has 2 heterocycles. The molecule has 7 nitrogen and oxygen atoms in total. The number of benzene rings is 5. The highest BCUT2D eigenvalue weighted by molar-refractivity contribution is 8.13. The first-order valence-electron chi connectivity index (χ1n) is 14.3. The first-order chi connectivity index (χ1) is 22.1. The number of fused-ring (bicyclic) bond motifs is 2. The van der Waals surface area contributed by atoms with Crippen molar-refractivity contribution in [2.45, 2.75) is 0 Å². The molecule has 0 saturated carbocycles. The molecular weight excluding hydrogens is 584 g/mol. The lowest BCUT2D eigenvalue weighted by Crippen LogP contribution is -2.23. The Hall–Kier alpha value is -5.47. The van der Waals surface area contributed by atoms with Crippen molar-refractivity contribution >= 4 is 46.7 Å². The monoisotopic (exact) mass is 614 g/mol. The Bertz CT molecular complexity index is 1890. The molecule has 0 aliphatic carbocycles. The van der Waals surface area contributed by atoms with E-state index in [0.717, 1.165) is 22.5 Å². The molecule has 0 N–H and O–H groups in total. The summed E-state index contributed by atoms with van der Waals surface area (Å²) in [5.41, 5.74) is 4.94. The Kier molecular flexibility index (Phi) is 9.13. The highest BCUT2D eigenvalue weighted by Crippen LogP contribution is 2.30. The average molecular weight is 615 g/mol. The van der Waals surface area contributed by atoms with Crippen molar-refractivity contribution in [2.75, 3.05) is 19.7 Å². The molecule has 2 aliphatic heterocycles. The molecule has 7 rings (SSSR count). The number of carbonyl (C=O) groups is 2. The molecule has 0 atom stereocenters. The number of esters is 1. The molecule has 5 aromatic carbocycles. The highest BCUT2D eigenvalue weighted by atomic mass is 32.2. The van der Waals surface area contributed by atoms with Crippen LogP contribution in [0.25, 0.3) is 0 Å². The van der Waals surface area contributed by atoms with Crippen LogP contribution in [0.5, 0.6) is 17.2 Å². The minimum absolute atomic E-state index is 0.0309. The van der Waals surface area contributed by atoms with E-state index >= 15 is 0 Å². The van der Waals surface area contributed by atoms with Crippen LogP contribution in [0, 0.1) is 0 Å². The van der Waals surface area contributed by atoms with Gasteiger partial charge < -0.3 is 14.2 Å². The normalized spacial score (nSPS) is 12.8. The minimum atomic E-state index is -0.426. The molecular formula is C37H30N2O5S+2. The van der Waals surface area contributed by atoms with E-state index in [4.69, 9.17) is 14.2 Å². The summed E-state index contributed by atoms with van der Waals surface area (Å²) in [5, 5.41) is 0.0309. The van der Waals surface area contributed by atoms with Gasteiger partial charge in [-0.1, -0.05) is 78.5 Å². The molecule has 0 amide bonds. The molecule has 222 valence electrons. The van der Waals surface area contributed by atoms with Gasteiger partial charge in [0.1, 0.15) is 11.3 Å². The number of carbonyl (C=O) groups excluding carboxylic acids is 2. The topological polar surface area (TPSA) is 67.9 Å². The lowest BCUT2D eigenvalue weighted by atomic mass is 10.1. The zero-order valence-electron chi connectivity index (χ0n) is 24.5. The van der Waals surface area contributed by atoms with Crippen molar-refractivity contribution in [3.63, 3.8) is 0 Å². The molecule has 0 aromatic heterocycles. The van der Waals surface area contributed by atoms with Crippen LogP contribution in [0.3, 0.4) is 0 Å². The average Bonchev–Trinajstić information content (AvgIpc) is 3.11. The minimum Gasteiger partial charge on any atom is -0.434 e. The molecule has 0 radical (unpaired) electrons. The van der Waals surface area contributed by atoms with Crippen LogP contribution in [0.1, 0.15) is 31.8 Å². The second-order valence-electron chi connectivity index (χ2n) is 10.1. The fraction of sp³-hybridized carbons (Fsp3) is 0.0811. The van der Waals surface area contributed by atoms with Crippen molar-refractivity contribution in [3.05, 3.63) is 150 Å². The largest absolute Gasteiger partial charge is 0.434 e. The van der Waals surface area contributed by atoms with E-state index in [1.165, 1.54) is 11.8 Å². The van der Waals surface area contributed by atoms with Gasteiger partial charge in [-0.2, -0.15) is 9.15 Å². The van der Waals surface area contributed by atoms with Gasteiger partial charge in [-0.15, -0.1) is 0 Å². The van der Waals surface area contributed by atoms with Crippen molar-refractivity contribution in [3.8, 4) is 17.2 Å². The lowest BCUT2D eigenvalue weighted by Gasteiger charge is -2.16.